The van der Waals surface area contributed by atoms with Gasteiger partial charge in [0, 0.05) is 6.61 Å². The van der Waals surface area contributed by atoms with Gasteiger partial charge in [0.25, 0.3) is 0 Å². The van der Waals surface area contributed by atoms with Crippen LogP contribution in [-0.2, 0) is 14.3 Å². The lowest BCUT2D eigenvalue weighted by atomic mass is 9.47. The quantitative estimate of drug-likeness (QED) is 0.143. The third-order valence-electron chi connectivity index (χ3n) is 11.5. The fourth-order valence-corrected chi connectivity index (χ4v) is 10.2. The third kappa shape index (κ3) is 6.47. The van der Waals surface area contributed by atoms with E-state index in [0.29, 0.717) is 22.7 Å². The predicted molar refractivity (Wildman–Crippen MR) is 157 cm³/mol. The Bertz CT molecular complexity index is 792. The van der Waals surface area contributed by atoms with E-state index in [4.69, 9.17) is 9.47 Å². The second-order valence-corrected chi connectivity index (χ2v) is 15.1. The second-order valence-electron chi connectivity index (χ2n) is 14.0. The predicted octanol–water partition coefficient (Wildman–Crippen LogP) is 8.71. The number of carbonyl (C=O) groups is 1. The second kappa shape index (κ2) is 12.8. The van der Waals surface area contributed by atoms with Crippen LogP contribution in [0.1, 0.15) is 112 Å². The zero-order valence-corrected chi connectivity index (χ0v) is 25.7. The van der Waals surface area contributed by atoms with Crippen LogP contribution in [-0.4, -0.2) is 37.3 Å². The Balaban J connectivity index is 1.30. The van der Waals surface area contributed by atoms with E-state index in [1.54, 1.807) is 17.3 Å². The maximum Gasteiger partial charge on any atom is 0.315 e. The van der Waals surface area contributed by atoms with Crippen molar-refractivity contribution < 1.29 is 14.3 Å². The fraction of sp³-hybridized carbons (Fsp3) is 0.909. The summed E-state index contributed by atoms with van der Waals surface area (Å²) < 4.78 is 11.1. The van der Waals surface area contributed by atoms with E-state index in [1.807, 2.05) is 0 Å². The van der Waals surface area contributed by atoms with Gasteiger partial charge in [-0.2, -0.15) is 11.8 Å². The molecule has 0 aromatic carbocycles. The van der Waals surface area contributed by atoms with Crippen molar-refractivity contribution in [1.29, 1.82) is 0 Å². The van der Waals surface area contributed by atoms with Crippen molar-refractivity contribution >= 4 is 17.7 Å². The van der Waals surface area contributed by atoms with Crippen molar-refractivity contribution in [1.82, 2.24) is 0 Å². The monoisotopic (exact) mass is 532 g/mol. The van der Waals surface area contributed by atoms with E-state index in [9.17, 15) is 4.79 Å². The highest BCUT2D eigenvalue weighted by atomic mass is 32.2. The summed E-state index contributed by atoms with van der Waals surface area (Å²) >= 11 is 1.65. The average Bonchev–Trinajstić information content (AvgIpc) is 3.23. The fourth-order valence-electron chi connectivity index (χ4n) is 9.42. The first-order valence-electron chi connectivity index (χ1n) is 15.6. The molecular weight excluding hydrogens is 476 g/mol. The molecule has 4 heteroatoms. The topological polar surface area (TPSA) is 35.5 Å². The van der Waals surface area contributed by atoms with Crippen LogP contribution in [0.25, 0.3) is 0 Å². The van der Waals surface area contributed by atoms with Crippen molar-refractivity contribution in [2.75, 3.05) is 25.2 Å². The van der Waals surface area contributed by atoms with E-state index in [0.717, 1.165) is 60.7 Å². The Morgan fingerprint density at radius 1 is 1.05 bits per heavy atom. The van der Waals surface area contributed by atoms with E-state index < -0.39 is 0 Å². The van der Waals surface area contributed by atoms with Crippen LogP contribution in [0.5, 0.6) is 0 Å². The van der Waals surface area contributed by atoms with Gasteiger partial charge in [0.15, 0.2) is 0 Å². The van der Waals surface area contributed by atoms with Crippen LogP contribution >= 0.6 is 11.8 Å². The summed E-state index contributed by atoms with van der Waals surface area (Å²) in [6.45, 7) is 13.5. The molecule has 8 atom stereocenters. The molecule has 0 N–H and O–H groups in total. The van der Waals surface area contributed by atoms with Gasteiger partial charge in [-0.1, -0.05) is 65.5 Å². The number of hydrogen-bond acceptors (Lipinski definition) is 4. The molecule has 3 fully saturated rings. The smallest absolute Gasteiger partial charge is 0.315 e. The van der Waals surface area contributed by atoms with Gasteiger partial charge in [-0.15, -0.1) is 0 Å². The minimum absolute atomic E-state index is 0.132. The first kappa shape index (κ1) is 29.5. The zero-order valence-electron chi connectivity index (χ0n) is 24.9. The van der Waals surface area contributed by atoms with Gasteiger partial charge in [-0.05, 0) is 110 Å². The zero-order chi connectivity index (χ0) is 26.6. The van der Waals surface area contributed by atoms with Gasteiger partial charge in [-0.25, -0.2) is 0 Å². The van der Waals surface area contributed by atoms with Crippen molar-refractivity contribution in [3.63, 3.8) is 0 Å². The minimum atomic E-state index is -0.132. The summed E-state index contributed by atoms with van der Waals surface area (Å²) in [6, 6.07) is 0. The van der Waals surface area contributed by atoms with E-state index in [-0.39, 0.29) is 5.97 Å². The Kier molecular flexibility index (Phi) is 10.2. The number of thioether (sulfide) groups is 1. The first-order valence-corrected chi connectivity index (χ1v) is 16.8. The summed E-state index contributed by atoms with van der Waals surface area (Å²) in [4.78, 5) is 11.3. The number of allylic oxidation sites excluding steroid dienone is 1. The summed E-state index contributed by atoms with van der Waals surface area (Å²) in [7, 11) is 1.46. The van der Waals surface area contributed by atoms with Crippen LogP contribution < -0.4 is 0 Å². The van der Waals surface area contributed by atoms with Crippen molar-refractivity contribution in [2.45, 2.75) is 118 Å². The van der Waals surface area contributed by atoms with Gasteiger partial charge < -0.3 is 9.47 Å². The van der Waals surface area contributed by atoms with E-state index in [1.165, 1.54) is 71.3 Å². The number of ether oxygens (including phenoxy) is 2. The number of hydrogen-bond donors (Lipinski definition) is 0. The standard InChI is InChI=1S/C33H56O3S/c1-23(2)9-7-10-24(3)28-13-14-29-27-12-11-25-21-26(36-19-8-20-37-22-31(34)35-6)15-17-32(25,4)30(27)16-18-33(28,29)5/h11,23-24,26-30H,7-10,12-22H2,1-6H3/t24-,26+,27?,28-,29?,30?,32+,33-/m1/s1. The van der Waals surface area contributed by atoms with Crippen molar-refractivity contribution in [3.05, 3.63) is 11.6 Å². The molecule has 0 bridgehead atoms. The molecule has 0 aromatic heterocycles. The highest BCUT2D eigenvalue weighted by Crippen LogP contribution is 2.67. The maximum absolute atomic E-state index is 11.3. The number of carbonyl (C=O) groups excluding carboxylic acids is 1. The molecule has 212 valence electrons. The van der Waals surface area contributed by atoms with E-state index >= 15 is 0 Å². The molecule has 3 unspecified atom stereocenters. The average molecular weight is 533 g/mol. The van der Waals surface area contributed by atoms with Gasteiger partial charge in [0.05, 0.1) is 19.0 Å². The number of fused-ring (bicyclic) bond motifs is 5. The Morgan fingerprint density at radius 2 is 1.86 bits per heavy atom. The molecule has 0 aliphatic heterocycles. The summed E-state index contributed by atoms with van der Waals surface area (Å²) in [5, 5.41) is 0. The van der Waals surface area contributed by atoms with Gasteiger partial charge in [0.2, 0.25) is 0 Å². The van der Waals surface area contributed by atoms with Crippen molar-refractivity contribution in [2.24, 2.45) is 46.3 Å². The molecule has 37 heavy (non-hydrogen) atoms. The lowest BCUT2D eigenvalue weighted by molar-refractivity contribution is -0.137. The minimum Gasteiger partial charge on any atom is -0.468 e. The Morgan fingerprint density at radius 3 is 2.62 bits per heavy atom. The van der Waals surface area contributed by atoms with Gasteiger partial charge >= 0.3 is 5.97 Å². The third-order valence-corrected chi connectivity index (χ3v) is 12.5. The summed E-state index contributed by atoms with van der Waals surface area (Å²) in [5.74, 6) is 6.69. The van der Waals surface area contributed by atoms with Crippen LogP contribution in [0.3, 0.4) is 0 Å². The summed E-state index contributed by atoms with van der Waals surface area (Å²) in [6.07, 6.45) is 19.2. The highest BCUT2D eigenvalue weighted by Gasteiger charge is 2.59. The molecule has 0 spiro atoms. The molecule has 4 aliphatic carbocycles. The van der Waals surface area contributed by atoms with Crippen LogP contribution in [0, 0.1) is 46.3 Å². The lowest BCUT2D eigenvalue weighted by Gasteiger charge is -2.58. The van der Waals surface area contributed by atoms with Gasteiger partial charge in [0.1, 0.15) is 0 Å². The molecule has 0 amide bonds. The number of methoxy groups -OCH3 is 1. The highest BCUT2D eigenvalue weighted by molar-refractivity contribution is 7.99. The molecular formula is C33H56O3S. The summed E-state index contributed by atoms with van der Waals surface area (Å²) in [5.41, 5.74) is 2.71. The van der Waals surface area contributed by atoms with Crippen LogP contribution in [0.4, 0.5) is 0 Å². The molecule has 0 aromatic rings. The molecule has 3 nitrogen and oxygen atoms in total. The van der Waals surface area contributed by atoms with Crippen LogP contribution in [0.2, 0.25) is 0 Å². The maximum atomic E-state index is 11.3. The normalized spacial score (nSPS) is 37.9. The molecule has 3 saturated carbocycles. The first-order chi connectivity index (χ1) is 17.7. The molecule has 0 radical (unpaired) electrons. The largest absolute Gasteiger partial charge is 0.468 e. The number of esters is 1. The SMILES string of the molecule is COC(=O)CSCCCO[C@H]1CC[C@@]2(C)C(=CCC3C2CC[C@@]2(C)C3CC[C@@H]2[C@H](C)CCCC(C)C)C1. The molecule has 0 heterocycles. The molecule has 4 rings (SSSR count). The van der Waals surface area contributed by atoms with Gasteiger partial charge in [-0.3, -0.25) is 4.79 Å². The van der Waals surface area contributed by atoms with E-state index in [2.05, 4.69) is 40.7 Å². The van der Waals surface area contributed by atoms with Crippen LogP contribution in [0.15, 0.2) is 11.6 Å². The Hall–Kier alpha value is -0.480. The van der Waals surface area contributed by atoms with Crippen molar-refractivity contribution in [3.8, 4) is 0 Å². The Labute approximate surface area is 232 Å². The number of rotatable bonds is 12. The molecule has 4 aliphatic rings. The lowest BCUT2D eigenvalue weighted by Crippen LogP contribution is -2.51. The molecule has 0 saturated heterocycles.